The van der Waals surface area contributed by atoms with Gasteiger partial charge in [-0.1, -0.05) is 6.92 Å². The van der Waals surface area contributed by atoms with Crippen molar-refractivity contribution in [3.63, 3.8) is 0 Å². The molecule has 0 unspecified atom stereocenters. The van der Waals surface area contributed by atoms with Crippen LogP contribution in [-0.4, -0.2) is 36.5 Å². The Morgan fingerprint density at radius 1 is 1.22 bits per heavy atom. The Kier molecular flexibility index (Phi) is 5.75. The van der Waals surface area contributed by atoms with E-state index in [2.05, 4.69) is 6.92 Å². The van der Waals surface area contributed by atoms with E-state index in [1.54, 1.807) is 24.1 Å². The van der Waals surface area contributed by atoms with E-state index >= 15 is 0 Å². The van der Waals surface area contributed by atoms with Crippen molar-refractivity contribution in [3.8, 4) is 6.07 Å². The predicted octanol–water partition coefficient (Wildman–Crippen LogP) is 2.75. The number of likely N-dealkylation sites (N-methyl/N-ethyl adjacent to an activating group) is 1. The topological polar surface area (TPSA) is 70.4 Å². The van der Waals surface area contributed by atoms with Crippen LogP contribution < -0.4 is 0 Å². The Morgan fingerprint density at radius 2 is 1.83 bits per heavy atom. The standard InChI is InChI=1S/C18H22N2O3/c1-13-3-9-16(10-4-13)20(2)17(21)12-23-18(22)15-7-5-14(11-19)6-8-15/h5-8,13,16H,3-4,9-10,12H2,1-2H3. The first kappa shape index (κ1) is 17.0. The molecule has 0 N–H and O–H groups in total. The smallest absolute Gasteiger partial charge is 0.338 e. The highest BCUT2D eigenvalue weighted by molar-refractivity contribution is 5.91. The van der Waals surface area contributed by atoms with E-state index < -0.39 is 5.97 Å². The highest BCUT2D eigenvalue weighted by atomic mass is 16.5. The molecule has 0 saturated heterocycles. The third-order valence-electron chi connectivity index (χ3n) is 4.50. The lowest BCUT2D eigenvalue weighted by Gasteiger charge is -2.33. The van der Waals surface area contributed by atoms with Gasteiger partial charge in [0.05, 0.1) is 17.2 Å². The van der Waals surface area contributed by atoms with Crippen LogP contribution in [0.2, 0.25) is 0 Å². The molecule has 122 valence electrons. The number of carbonyl (C=O) groups excluding carboxylic acids is 2. The maximum Gasteiger partial charge on any atom is 0.338 e. The number of amides is 1. The van der Waals surface area contributed by atoms with Gasteiger partial charge in [0.15, 0.2) is 6.61 Å². The summed E-state index contributed by atoms with van der Waals surface area (Å²) in [7, 11) is 1.78. The monoisotopic (exact) mass is 314 g/mol. The maximum absolute atomic E-state index is 12.2. The van der Waals surface area contributed by atoms with E-state index in [-0.39, 0.29) is 18.6 Å². The number of rotatable bonds is 4. The van der Waals surface area contributed by atoms with Crippen LogP contribution in [0.1, 0.15) is 48.5 Å². The summed E-state index contributed by atoms with van der Waals surface area (Å²) in [6.45, 7) is 1.98. The second kappa shape index (κ2) is 7.77. The van der Waals surface area contributed by atoms with E-state index in [0.717, 1.165) is 31.6 Å². The number of benzene rings is 1. The molecular weight excluding hydrogens is 292 g/mol. The molecule has 0 aromatic heterocycles. The molecule has 1 aliphatic rings. The zero-order valence-electron chi connectivity index (χ0n) is 13.6. The van der Waals surface area contributed by atoms with E-state index in [4.69, 9.17) is 10.00 Å². The Morgan fingerprint density at radius 3 is 2.39 bits per heavy atom. The first-order chi connectivity index (χ1) is 11.0. The minimum atomic E-state index is -0.548. The lowest BCUT2D eigenvalue weighted by atomic mass is 9.87. The molecule has 0 heterocycles. The van der Waals surface area contributed by atoms with Gasteiger partial charge < -0.3 is 9.64 Å². The molecule has 0 radical (unpaired) electrons. The zero-order valence-corrected chi connectivity index (χ0v) is 13.6. The van der Waals surface area contributed by atoms with Gasteiger partial charge in [-0.25, -0.2) is 4.79 Å². The summed E-state index contributed by atoms with van der Waals surface area (Å²) in [5, 5.41) is 8.73. The van der Waals surface area contributed by atoms with Gasteiger partial charge >= 0.3 is 5.97 Å². The fraction of sp³-hybridized carbons (Fsp3) is 0.500. The summed E-state index contributed by atoms with van der Waals surface area (Å²) in [6, 6.07) is 8.38. The van der Waals surface area contributed by atoms with Crippen LogP contribution in [0, 0.1) is 17.2 Å². The molecule has 0 atom stereocenters. The molecule has 1 saturated carbocycles. The molecule has 1 aromatic rings. The number of nitriles is 1. The Balaban J connectivity index is 1.83. The van der Waals surface area contributed by atoms with Crippen molar-refractivity contribution in [1.82, 2.24) is 4.90 Å². The van der Waals surface area contributed by atoms with Gasteiger partial charge in [-0.15, -0.1) is 0 Å². The van der Waals surface area contributed by atoms with Crippen LogP contribution in [0.5, 0.6) is 0 Å². The molecule has 1 aromatic carbocycles. The molecule has 0 bridgehead atoms. The Labute approximate surface area is 136 Å². The number of ether oxygens (including phenoxy) is 1. The van der Waals surface area contributed by atoms with E-state index in [1.165, 1.54) is 12.1 Å². The van der Waals surface area contributed by atoms with Crippen molar-refractivity contribution < 1.29 is 14.3 Å². The van der Waals surface area contributed by atoms with E-state index in [9.17, 15) is 9.59 Å². The lowest BCUT2D eigenvalue weighted by Crippen LogP contribution is -2.41. The predicted molar refractivity (Wildman–Crippen MR) is 85.6 cm³/mol. The first-order valence-electron chi connectivity index (χ1n) is 7.94. The minimum absolute atomic E-state index is 0.174. The van der Waals surface area contributed by atoms with Gasteiger partial charge in [0.1, 0.15) is 0 Å². The van der Waals surface area contributed by atoms with Crippen LogP contribution >= 0.6 is 0 Å². The highest BCUT2D eigenvalue weighted by Crippen LogP contribution is 2.26. The van der Waals surface area contributed by atoms with Crippen molar-refractivity contribution in [2.24, 2.45) is 5.92 Å². The van der Waals surface area contributed by atoms with Gasteiger partial charge in [-0.3, -0.25) is 4.79 Å². The van der Waals surface area contributed by atoms with Crippen LogP contribution in [0.25, 0.3) is 0 Å². The van der Waals surface area contributed by atoms with Gasteiger partial charge in [0.25, 0.3) is 5.91 Å². The largest absolute Gasteiger partial charge is 0.452 e. The molecule has 1 aliphatic carbocycles. The number of hydrogen-bond acceptors (Lipinski definition) is 4. The minimum Gasteiger partial charge on any atom is -0.452 e. The molecule has 5 nitrogen and oxygen atoms in total. The van der Waals surface area contributed by atoms with Gasteiger partial charge in [-0.2, -0.15) is 5.26 Å². The normalized spacial score (nSPS) is 20.4. The number of esters is 1. The van der Waals surface area contributed by atoms with Crippen molar-refractivity contribution in [2.45, 2.75) is 38.6 Å². The zero-order chi connectivity index (χ0) is 16.8. The summed E-state index contributed by atoms with van der Waals surface area (Å²) in [5.41, 5.74) is 0.815. The van der Waals surface area contributed by atoms with Crippen molar-refractivity contribution in [1.29, 1.82) is 5.26 Å². The Bertz CT molecular complexity index is 596. The number of nitrogens with zero attached hydrogens (tertiary/aromatic N) is 2. The highest BCUT2D eigenvalue weighted by Gasteiger charge is 2.25. The molecule has 23 heavy (non-hydrogen) atoms. The third kappa shape index (κ3) is 4.56. The molecule has 0 aliphatic heterocycles. The fourth-order valence-corrected chi connectivity index (χ4v) is 2.83. The summed E-state index contributed by atoms with van der Waals surface area (Å²) in [5.74, 6) is 0.00372. The Hall–Kier alpha value is -2.35. The summed E-state index contributed by atoms with van der Waals surface area (Å²) < 4.78 is 5.08. The van der Waals surface area contributed by atoms with Crippen LogP contribution in [0.4, 0.5) is 0 Å². The van der Waals surface area contributed by atoms with Gasteiger partial charge in [-0.05, 0) is 55.9 Å². The average Bonchev–Trinajstić information content (AvgIpc) is 2.59. The SMILES string of the molecule is CC1CCC(N(C)C(=O)COC(=O)c2ccc(C#N)cc2)CC1. The van der Waals surface area contributed by atoms with Gasteiger partial charge in [0.2, 0.25) is 0 Å². The maximum atomic E-state index is 12.2. The van der Waals surface area contributed by atoms with Crippen molar-refractivity contribution in [2.75, 3.05) is 13.7 Å². The molecular formula is C18H22N2O3. The van der Waals surface area contributed by atoms with Crippen molar-refractivity contribution >= 4 is 11.9 Å². The fourth-order valence-electron chi connectivity index (χ4n) is 2.83. The number of hydrogen-bond donors (Lipinski definition) is 0. The summed E-state index contributed by atoms with van der Waals surface area (Å²) >= 11 is 0. The van der Waals surface area contributed by atoms with Crippen LogP contribution in [-0.2, 0) is 9.53 Å². The van der Waals surface area contributed by atoms with Crippen LogP contribution in [0.3, 0.4) is 0 Å². The van der Waals surface area contributed by atoms with E-state index in [1.807, 2.05) is 6.07 Å². The number of carbonyl (C=O) groups is 2. The van der Waals surface area contributed by atoms with Crippen molar-refractivity contribution in [3.05, 3.63) is 35.4 Å². The average molecular weight is 314 g/mol. The second-order valence-electron chi connectivity index (χ2n) is 6.18. The molecule has 1 amide bonds. The summed E-state index contributed by atoms with van der Waals surface area (Å²) in [4.78, 5) is 25.8. The molecule has 5 heteroatoms. The van der Waals surface area contributed by atoms with E-state index in [0.29, 0.717) is 11.1 Å². The first-order valence-corrected chi connectivity index (χ1v) is 7.94. The van der Waals surface area contributed by atoms with Gasteiger partial charge in [0, 0.05) is 13.1 Å². The van der Waals surface area contributed by atoms with Crippen LogP contribution in [0.15, 0.2) is 24.3 Å². The second-order valence-corrected chi connectivity index (χ2v) is 6.18. The molecule has 1 fully saturated rings. The molecule has 0 spiro atoms. The third-order valence-corrected chi connectivity index (χ3v) is 4.50. The lowest BCUT2D eigenvalue weighted by molar-refractivity contribution is -0.136. The summed E-state index contributed by atoms with van der Waals surface area (Å²) in [6.07, 6.45) is 4.28. The molecule has 2 rings (SSSR count). The quantitative estimate of drug-likeness (QED) is 0.801.